The zero-order valence-electron chi connectivity index (χ0n) is 16.5. The quantitative estimate of drug-likeness (QED) is 0.763. The Morgan fingerprint density at radius 3 is 1.19 bits per heavy atom. The molecule has 140 valence electrons. The van der Waals surface area contributed by atoms with E-state index < -0.39 is 24.0 Å². The SMILES string of the molecule is CC1=CC(=CC2C([O-])C(C=C3C=C(C)N(C)C(C)=C3)C2[O-])C=C(C)N1C. The highest BCUT2D eigenvalue weighted by Gasteiger charge is 2.34. The van der Waals surface area contributed by atoms with Crippen molar-refractivity contribution in [1.29, 1.82) is 0 Å². The zero-order chi connectivity index (χ0) is 19.2. The summed E-state index contributed by atoms with van der Waals surface area (Å²) in [6.07, 6.45) is 10.1. The van der Waals surface area contributed by atoms with Crippen molar-refractivity contribution in [2.45, 2.75) is 39.9 Å². The Labute approximate surface area is 156 Å². The van der Waals surface area contributed by atoms with E-state index >= 15 is 0 Å². The third kappa shape index (κ3) is 3.31. The van der Waals surface area contributed by atoms with Crippen LogP contribution in [0.2, 0.25) is 0 Å². The molecule has 2 aliphatic heterocycles. The van der Waals surface area contributed by atoms with Crippen molar-refractivity contribution in [3.05, 3.63) is 70.4 Å². The summed E-state index contributed by atoms with van der Waals surface area (Å²) in [6.45, 7) is 8.13. The van der Waals surface area contributed by atoms with E-state index in [-0.39, 0.29) is 0 Å². The lowest BCUT2D eigenvalue weighted by molar-refractivity contribution is -0.550. The number of nitrogens with zero attached hydrogens (tertiary/aromatic N) is 2. The minimum absolute atomic E-state index is 0.454. The third-order valence-corrected chi connectivity index (χ3v) is 5.91. The van der Waals surface area contributed by atoms with Gasteiger partial charge in [-0.25, -0.2) is 0 Å². The van der Waals surface area contributed by atoms with Gasteiger partial charge in [0.2, 0.25) is 0 Å². The van der Waals surface area contributed by atoms with Crippen LogP contribution in [-0.4, -0.2) is 36.1 Å². The van der Waals surface area contributed by atoms with Crippen LogP contribution in [0.15, 0.2) is 70.4 Å². The zero-order valence-corrected chi connectivity index (χ0v) is 16.5. The molecule has 1 fully saturated rings. The van der Waals surface area contributed by atoms with E-state index in [4.69, 9.17) is 0 Å². The van der Waals surface area contributed by atoms with Crippen LogP contribution in [0.3, 0.4) is 0 Å². The molecule has 3 rings (SSSR count). The molecule has 2 heterocycles. The maximum Gasteiger partial charge on any atom is 0.0148 e. The molecule has 1 aliphatic carbocycles. The Morgan fingerprint density at radius 1 is 0.654 bits per heavy atom. The van der Waals surface area contributed by atoms with Gasteiger partial charge in [-0.2, -0.15) is 0 Å². The maximum atomic E-state index is 12.7. The predicted octanol–water partition coefficient (Wildman–Crippen LogP) is 2.05. The average Bonchev–Trinajstić information content (AvgIpc) is 2.59. The van der Waals surface area contributed by atoms with Gasteiger partial charge in [-0.15, -0.1) is 12.2 Å². The van der Waals surface area contributed by atoms with Gasteiger partial charge in [0.1, 0.15) is 0 Å². The van der Waals surface area contributed by atoms with Crippen molar-refractivity contribution in [3.63, 3.8) is 0 Å². The summed E-state index contributed by atoms with van der Waals surface area (Å²) in [5, 5.41) is 25.3. The molecule has 4 nitrogen and oxygen atoms in total. The topological polar surface area (TPSA) is 52.6 Å². The molecular formula is C22H28N2O2-2. The smallest absolute Gasteiger partial charge is 0.0148 e. The molecule has 0 bridgehead atoms. The molecule has 0 aromatic rings. The Bertz CT molecular complexity index is 664. The van der Waals surface area contributed by atoms with Gasteiger partial charge in [0.15, 0.2) is 0 Å². The monoisotopic (exact) mass is 352 g/mol. The highest BCUT2D eigenvalue weighted by molar-refractivity contribution is 5.43. The molecule has 0 N–H and O–H groups in total. The molecule has 0 atom stereocenters. The number of hydrogen-bond acceptors (Lipinski definition) is 4. The first-order chi connectivity index (χ1) is 12.2. The summed E-state index contributed by atoms with van der Waals surface area (Å²) < 4.78 is 0. The summed E-state index contributed by atoms with van der Waals surface area (Å²) in [5.74, 6) is -0.908. The van der Waals surface area contributed by atoms with E-state index in [9.17, 15) is 10.2 Å². The van der Waals surface area contributed by atoms with Gasteiger partial charge in [-0.1, -0.05) is 12.2 Å². The van der Waals surface area contributed by atoms with Gasteiger partial charge in [-0.3, -0.25) is 0 Å². The normalized spacial score (nSPS) is 31.7. The van der Waals surface area contributed by atoms with Crippen LogP contribution in [0.4, 0.5) is 0 Å². The molecule has 1 saturated carbocycles. The fourth-order valence-corrected chi connectivity index (χ4v) is 3.75. The van der Waals surface area contributed by atoms with Crippen LogP contribution in [0.1, 0.15) is 27.7 Å². The molecule has 0 aromatic heterocycles. The largest absolute Gasteiger partial charge is 0.851 e. The molecule has 0 radical (unpaired) electrons. The Hall–Kier alpha value is -2.04. The van der Waals surface area contributed by atoms with E-state index in [1.807, 2.05) is 78.2 Å². The van der Waals surface area contributed by atoms with Gasteiger partial charge in [0.05, 0.1) is 0 Å². The van der Waals surface area contributed by atoms with Crippen LogP contribution in [0.5, 0.6) is 0 Å². The Morgan fingerprint density at radius 2 is 0.923 bits per heavy atom. The highest BCUT2D eigenvalue weighted by atomic mass is 16.3. The van der Waals surface area contributed by atoms with Crippen molar-refractivity contribution >= 4 is 0 Å². The summed E-state index contributed by atoms with van der Waals surface area (Å²) >= 11 is 0. The highest BCUT2D eigenvalue weighted by Crippen LogP contribution is 2.37. The molecule has 0 amide bonds. The standard InChI is InChI=1S/C22H28N2O2/c1-13-7-17(8-14(2)23(13)5)11-19-21(25)20(22(19)26)12-18-9-15(3)24(6)16(4)10-18/h7-12,19-22H,1-6H3/q-2. The average molecular weight is 352 g/mol. The molecule has 0 saturated heterocycles. The summed E-state index contributed by atoms with van der Waals surface area (Å²) in [6, 6.07) is 0. The fourth-order valence-electron chi connectivity index (χ4n) is 3.75. The first kappa shape index (κ1) is 18.7. The second-order valence-electron chi connectivity index (χ2n) is 7.68. The van der Waals surface area contributed by atoms with Crippen LogP contribution in [0, 0.1) is 11.8 Å². The van der Waals surface area contributed by atoms with E-state index in [0.29, 0.717) is 0 Å². The predicted molar refractivity (Wildman–Crippen MR) is 101 cm³/mol. The van der Waals surface area contributed by atoms with E-state index in [0.717, 1.165) is 33.9 Å². The van der Waals surface area contributed by atoms with E-state index in [1.54, 1.807) is 0 Å². The van der Waals surface area contributed by atoms with Gasteiger partial charge >= 0.3 is 0 Å². The molecular weight excluding hydrogens is 324 g/mol. The summed E-state index contributed by atoms with van der Waals surface area (Å²) in [7, 11) is 4.03. The summed E-state index contributed by atoms with van der Waals surface area (Å²) in [4.78, 5) is 4.19. The lowest BCUT2D eigenvalue weighted by Crippen LogP contribution is -2.65. The molecule has 4 heteroatoms. The van der Waals surface area contributed by atoms with Gasteiger partial charge in [0, 0.05) is 36.9 Å². The second-order valence-corrected chi connectivity index (χ2v) is 7.68. The third-order valence-electron chi connectivity index (χ3n) is 5.91. The van der Waals surface area contributed by atoms with Crippen molar-refractivity contribution in [2.24, 2.45) is 11.8 Å². The first-order valence-electron chi connectivity index (χ1n) is 9.15. The van der Waals surface area contributed by atoms with Crippen molar-refractivity contribution in [1.82, 2.24) is 9.80 Å². The van der Waals surface area contributed by atoms with Gasteiger partial charge in [-0.05, 0) is 75.0 Å². The van der Waals surface area contributed by atoms with Crippen molar-refractivity contribution in [2.75, 3.05) is 14.1 Å². The van der Waals surface area contributed by atoms with Crippen LogP contribution in [-0.2, 0) is 0 Å². The van der Waals surface area contributed by atoms with Gasteiger partial charge in [0.25, 0.3) is 0 Å². The van der Waals surface area contributed by atoms with Crippen LogP contribution >= 0.6 is 0 Å². The minimum Gasteiger partial charge on any atom is -0.851 e. The van der Waals surface area contributed by atoms with Crippen molar-refractivity contribution in [3.8, 4) is 0 Å². The maximum absolute atomic E-state index is 12.7. The number of hydrogen-bond donors (Lipinski definition) is 0. The Kier molecular flexibility index (Phi) is 5.00. The molecule has 3 aliphatic rings. The Balaban J connectivity index is 1.77. The van der Waals surface area contributed by atoms with Crippen LogP contribution in [0.25, 0.3) is 0 Å². The molecule has 0 unspecified atom stereocenters. The minimum atomic E-state index is -0.873. The van der Waals surface area contributed by atoms with Gasteiger partial charge < -0.3 is 20.0 Å². The first-order valence-corrected chi connectivity index (χ1v) is 9.15. The van der Waals surface area contributed by atoms with E-state index in [1.165, 1.54) is 0 Å². The summed E-state index contributed by atoms with van der Waals surface area (Å²) in [5.41, 5.74) is 6.42. The lowest BCUT2D eigenvalue weighted by atomic mass is 9.67. The van der Waals surface area contributed by atoms with E-state index in [2.05, 4.69) is 9.80 Å². The second kappa shape index (κ2) is 6.93. The fraction of sp³-hybridized carbons (Fsp3) is 0.455. The number of allylic oxidation sites excluding steroid dienone is 10. The molecule has 26 heavy (non-hydrogen) atoms. The lowest BCUT2D eigenvalue weighted by Gasteiger charge is -2.59. The number of rotatable bonds is 2. The van der Waals surface area contributed by atoms with Crippen molar-refractivity contribution < 1.29 is 10.2 Å². The molecule has 0 spiro atoms. The molecule has 0 aromatic carbocycles. The van der Waals surface area contributed by atoms with Crippen LogP contribution < -0.4 is 10.2 Å².